The normalized spacial score (nSPS) is 19.3. The average Bonchev–Trinajstić information content (AvgIpc) is 3.06. The van der Waals surface area contributed by atoms with Crippen molar-refractivity contribution < 1.29 is 36.6 Å². The molecule has 0 spiro atoms. The minimum absolute atomic E-state index is 0.0216. The van der Waals surface area contributed by atoms with Crippen LogP contribution >= 0.6 is 0 Å². The summed E-state index contributed by atoms with van der Waals surface area (Å²) < 4.78 is 66.8. The van der Waals surface area contributed by atoms with Gasteiger partial charge in [0.1, 0.15) is 17.7 Å². The molecule has 2 amide bonds. The molecule has 2 atom stereocenters. The number of rotatable bonds is 5. The molecule has 1 aromatic carbocycles. The molecule has 1 saturated heterocycles. The summed E-state index contributed by atoms with van der Waals surface area (Å²) in [7, 11) is 0. The summed E-state index contributed by atoms with van der Waals surface area (Å²) >= 11 is 0. The summed E-state index contributed by atoms with van der Waals surface area (Å²) in [6, 6.07) is 0.510. The number of anilines is 1. The molecule has 3 rings (SSSR count). The Morgan fingerprint density at radius 2 is 1.82 bits per heavy atom. The molecule has 1 aromatic heterocycles. The molecular weight excluding hydrogens is 451 g/mol. The summed E-state index contributed by atoms with van der Waals surface area (Å²) in [5, 5.41) is 13.4. The first-order chi connectivity index (χ1) is 15.3. The standard InChI is InChI=1S/C21H21F5N4O3/c1-11(21(24,25)26)28-18(31)16-9-27-8-15(12-5-13(22)7-14(23)6-12)17(16)30-4-3-20(2,10-30)29-19(32)33/h5-9,11,29H,3-4,10H2,1-2H3,(H,28,31)(H,32,33)/t11?,20-/m0/s1. The molecule has 1 fully saturated rings. The third-order valence-electron chi connectivity index (χ3n) is 5.37. The predicted octanol–water partition coefficient (Wildman–Crippen LogP) is 3.94. The molecule has 1 unspecified atom stereocenters. The Morgan fingerprint density at radius 3 is 2.39 bits per heavy atom. The second kappa shape index (κ2) is 8.83. The van der Waals surface area contributed by atoms with E-state index in [0.29, 0.717) is 12.5 Å². The SMILES string of the molecule is CC(NC(=O)c1cncc(-c2cc(F)cc(F)c2)c1N1CC[C@](C)(NC(=O)O)C1)C(F)(F)F. The van der Waals surface area contributed by atoms with E-state index in [1.807, 2.05) is 5.32 Å². The van der Waals surface area contributed by atoms with E-state index >= 15 is 0 Å². The number of nitrogens with one attached hydrogen (secondary N) is 2. The van der Waals surface area contributed by atoms with E-state index < -0.39 is 41.4 Å². The van der Waals surface area contributed by atoms with Crippen LogP contribution in [0.3, 0.4) is 0 Å². The van der Waals surface area contributed by atoms with Gasteiger partial charge in [-0.05, 0) is 38.0 Å². The van der Waals surface area contributed by atoms with Crippen LogP contribution in [0.2, 0.25) is 0 Å². The molecule has 1 aliphatic rings. The molecule has 0 aliphatic carbocycles. The second-order valence-electron chi connectivity index (χ2n) is 8.14. The Bertz CT molecular complexity index is 1060. The molecule has 178 valence electrons. The number of hydrogen-bond acceptors (Lipinski definition) is 4. The van der Waals surface area contributed by atoms with Crippen LogP contribution < -0.4 is 15.5 Å². The summed E-state index contributed by atoms with van der Waals surface area (Å²) in [4.78, 5) is 29.5. The Morgan fingerprint density at radius 1 is 1.18 bits per heavy atom. The number of pyridine rings is 1. The van der Waals surface area contributed by atoms with Crippen molar-refractivity contribution in [3.63, 3.8) is 0 Å². The summed E-state index contributed by atoms with van der Waals surface area (Å²) in [5.74, 6) is -2.87. The quantitative estimate of drug-likeness (QED) is 0.573. The van der Waals surface area contributed by atoms with Gasteiger partial charge in [-0.3, -0.25) is 9.78 Å². The minimum Gasteiger partial charge on any atom is -0.465 e. The van der Waals surface area contributed by atoms with Gasteiger partial charge in [0.25, 0.3) is 5.91 Å². The van der Waals surface area contributed by atoms with Gasteiger partial charge in [-0.15, -0.1) is 0 Å². The van der Waals surface area contributed by atoms with E-state index in [1.54, 1.807) is 11.8 Å². The van der Waals surface area contributed by atoms with Gasteiger partial charge in [-0.25, -0.2) is 13.6 Å². The van der Waals surface area contributed by atoms with Crippen molar-refractivity contribution in [1.29, 1.82) is 0 Å². The lowest BCUT2D eigenvalue weighted by Crippen LogP contribution is -2.47. The largest absolute Gasteiger partial charge is 0.465 e. The van der Waals surface area contributed by atoms with Crippen LogP contribution in [0.4, 0.5) is 32.4 Å². The number of halogens is 5. The van der Waals surface area contributed by atoms with Gasteiger partial charge in [-0.1, -0.05) is 0 Å². The number of alkyl halides is 3. The third kappa shape index (κ3) is 5.49. The highest BCUT2D eigenvalue weighted by Crippen LogP contribution is 2.38. The molecule has 2 aromatic rings. The van der Waals surface area contributed by atoms with Crippen LogP contribution in [0, 0.1) is 11.6 Å². The maximum absolute atomic E-state index is 13.9. The van der Waals surface area contributed by atoms with Crippen LogP contribution in [-0.4, -0.2) is 52.9 Å². The van der Waals surface area contributed by atoms with Crippen molar-refractivity contribution in [2.45, 2.75) is 38.0 Å². The topological polar surface area (TPSA) is 94.6 Å². The van der Waals surface area contributed by atoms with E-state index in [9.17, 15) is 31.5 Å². The molecule has 0 saturated carbocycles. The fourth-order valence-electron chi connectivity index (χ4n) is 3.75. The lowest BCUT2D eigenvalue weighted by Gasteiger charge is -2.28. The van der Waals surface area contributed by atoms with E-state index in [-0.39, 0.29) is 35.5 Å². The molecule has 33 heavy (non-hydrogen) atoms. The fraction of sp³-hybridized carbons (Fsp3) is 0.381. The van der Waals surface area contributed by atoms with Crippen molar-refractivity contribution >= 4 is 17.7 Å². The van der Waals surface area contributed by atoms with Crippen LogP contribution in [0.25, 0.3) is 11.1 Å². The lowest BCUT2D eigenvalue weighted by atomic mass is 10.00. The zero-order valence-corrected chi connectivity index (χ0v) is 17.6. The molecule has 0 bridgehead atoms. The number of hydrogen-bond donors (Lipinski definition) is 3. The van der Waals surface area contributed by atoms with Gasteiger partial charge in [0.05, 0.1) is 16.8 Å². The van der Waals surface area contributed by atoms with E-state index in [4.69, 9.17) is 5.11 Å². The Balaban J connectivity index is 2.11. The minimum atomic E-state index is -4.69. The molecule has 12 heteroatoms. The Labute approximate surface area is 185 Å². The van der Waals surface area contributed by atoms with Crippen LogP contribution in [0.15, 0.2) is 30.6 Å². The number of nitrogens with zero attached hydrogens (tertiary/aromatic N) is 2. The third-order valence-corrected chi connectivity index (χ3v) is 5.37. The van der Waals surface area contributed by atoms with Crippen LogP contribution in [0.1, 0.15) is 30.6 Å². The van der Waals surface area contributed by atoms with Gasteiger partial charge in [0.15, 0.2) is 0 Å². The molecule has 7 nitrogen and oxygen atoms in total. The summed E-state index contributed by atoms with van der Waals surface area (Å²) in [6.07, 6.45) is -3.33. The number of carbonyl (C=O) groups excluding carboxylic acids is 1. The smallest absolute Gasteiger partial charge is 0.408 e. The highest BCUT2D eigenvalue weighted by atomic mass is 19.4. The monoisotopic (exact) mass is 472 g/mol. The molecular formula is C21H21F5N4O3. The van der Waals surface area contributed by atoms with E-state index in [1.165, 1.54) is 6.20 Å². The zero-order chi connectivity index (χ0) is 24.6. The first kappa shape index (κ1) is 24.2. The van der Waals surface area contributed by atoms with Crippen molar-refractivity contribution in [2.24, 2.45) is 0 Å². The number of carbonyl (C=O) groups is 2. The fourth-order valence-corrected chi connectivity index (χ4v) is 3.75. The van der Waals surface area contributed by atoms with Gasteiger partial charge >= 0.3 is 12.3 Å². The Kier molecular flexibility index (Phi) is 6.48. The first-order valence-corrected chi connectivity index (χ1v) is 9.87. The van der Waals surface area contributed by atoms with Gasteiger partial charge < -0.3 is 20.6 Å². The summed E-state index contributed by atoms with van der Waals surface area (Å²) in [6.45, 7) is 2.69. The van der Waals surface area contributed by atoms with Crippen molar-refractivity contribution in [1.82, 2.24) is 15.6 Å². The van der Waals surface area contributed by atoms with Gasteiger partial charge in [0, 0.05) is 37.1 Å². The molecule has 2 heterocycles. The second-order valence-corrected chi connectivity index (χ2v) is 8.14. The van der Waals surface area contributed by atoms with Gasteiger partial charge in [0.2, 0.25) is 0 Å². The highest BCUT2D eigenvalue weighted by Gasteiger charge is 2.40. The number of carboxylic acid groups (broad SMARTS) is 1. The van der Waals surface area contributed by atoms with Crippen molar-refractivity contribution in [3.8, 4) is 11.1 Å². The average molecular weight is 472 g/mol. The Hall–Kier alpha value is -3.44. The molecule has 0 radical (unpaired) electrons. The van der Waals surface area contributed by atoms with Crippen LogP contribution in [-0.2, 0) is 0 Å². The zero-order valence-electron chi connectivity index (χ0n) is 17.6. The van der Waals surface area contributed by atoms with E-state index in [2.05, 4.69) is 10.3 Å². The number of benzene rings is 1. The number of aromatic nitrogens is 1. The van der Waals surface area contributed by atoms with E-state index in [0.717, 1.165) is 25.3 Å². The molecule has 1 aliphatic heterocycles. The first-order valence-electron chi connectivity index (χ1n) is 9.87. The van der Waals surface area contributed by atoms with Crippen LogP contribution in [0.5, 0.6) is 0 Å². The van der Waals surface area contributed by atoms with Crippen molar-refractivity contribution in [2.75, 3.05) is 18.0 Å². The van der Waals surface area contributed by atoms with Crippen molar-refractivity contribution in [3.05, 3.63) is 47.8 Å². The maximum Gasteiger partial charge on any atom is 0.408 e. The maximum atomic E-state index is 13.9. The predicted molar refractivity (Wildman–Crippen MR) is 109 cm³/mol. The van der Waals surface area contributed by atoms with Gasteiger partial charge in [-0.2, -0.15) is 13.2 Å². The molecule has 3 N–H and O–H groups in total. The summed E-state index contributed by atoms with van der Waals surface area (Å²) in [5.41, 5.74) is -0.939. The highest BCUT2D eigenvalue weighted by molar-refractivity contribution is 6.03. The lowest BCUT2D eigenvalue weighted by molar-refractivity contribution is -0.149. The number of amides is 2.